The minimum atomic E-state index is 0. The normalized spacial score (nSPS) is 15.6. The molecule has 28 heavy (non-hydrogen) atoms. The number of aliphatic imine (C=N–C) groups is 1. The zero-order chi connectivity index (χ0) is 19.1. The van der Waals surface area contributed by atoms with Crippen molar-refractivity contribution in [1.29, 1.82) is 0 Å². The Morgan fingerprint density at radius 2 is 1.82 bits per heavy atom. The SMILES string of the molecule is CN=C(NCC(C)Oc1ccccc1C)N1CCN(c2ncccn2)CC1.I. The maximum atomic E-state index is 6.04. The first-order valence-electron chi connectivity index (χ1n) is 9.37. The lowest BCUT2D eigenvalue weighted by Crippen LogP contribution is -2.53. The largest absolute Gasteiger partial charge is 0.489 e. The summed E-state index contributed by atoms with van der Waals surface area (Å²) in [5, 5.41) is 3.43. The lowest BCUT2D eigenvalue weighted by molar-refractivity contribution is 0.220. The molecule has 2 heterocycles. The number of aryl methyl sites for hydroxylation is 1. The number of rotatable bonds is 5. The van der Waals surface area contributed by atoms with Gasteiger partial charge < -0.3 is 19.9 Å². The highest BCUT2D eigenvalue weighted by Gasteiger charge is 2.21. The molecule has 1 aromatic carbocycles. The van der Waals surface area contributed by atoms with E-state index in [9.17, 15) is 0 Å². The molecular formula is C20H29IN6O. The fourth-order valence-corrected chi connectivity index (χ4v) is 3.09. The molecule has 1 fully saturated rings. The van der Waals surface area contributed by atoms with E-state index in [1.165, 1.54) is 0 Å². The Hall–Kier alpha value is -2.10. The molecule has 1 aliphatic rings. The van der Waals surface area contributed by atoms with E-state index in [4.69, 9.17) is 4.74 Å². The molecule has 0 aliphatic carbocycles. The maximum absolute atomic E-state index is 6.04. The molecule has 0 radical (unpaired) electrons. The lowest BCUT2D eigenvalue weighted by Gasteiger charge is -2.36. The van der Waals surface area contributed by atoms with Crippen LogP contribution in [-0.4, -0.2) is 66.7 Å². The van der Waals surface area contributed by atoms with E-state index in [0.717, 1.165) is 49.4 Å². The third-order valence-electron chi connectivity index (χ3n) is 4.60. The van der Waals surface area contributed by atoms with Crippen molar-refractivity contribution in [3.05, 3.63) is 48.3 Å². The molecule has 1 unspecified atom stereocenters. The Balaban J connectivity index is 0.00000280. The lowest BCUT2D eigenvalue weighted by atomic mass is 10.2. The van der Waals surface area contributed by atoms with Crippen LogP contribution in [0, 0.1) is 6.92 Å². The van der Waals surface area contributed by atoms with Crippen LogP contribution in [0.2, 0.25) is 0 Å². The summed E-state index contributed by atoms with van der Waals surface area (Å²) in [6.07, 6.45) is 3.61. The van der Waals surface area contributed by atoms with Crippen LogP contribution < -0.4 is 15.0 Å². The predicted octanol–water partition coefficient (Wildman–Crippen LogP) is 2.57. The van der Waals surface area contributed by atoms with Crippen molar-refractivity contribution < 1.29 is 4.74 Å². The van der Waals surface area contributed by atoms with Gasteiger partial charge in [-0.15, -0.1) is 24.0 Å². The van der Waals surface area contributed by atoms with Gasteiger partial charge in [-0.1, -0.05) is 18.2 Å². The van der Waals surface area contributed by atoms with E-state index in [2.05, 4.69) is 50.0 Å². The highest BCUT2D eigenvalue weighted by molar-refractivity contribution is 14.0. The number of piperazine rings is 1. The van der Waals surface area contributed by atoms with Crippen LogP contribution in [0.5, 0.6) is 5.75 Å². The molecule has 8 heteroatoms. The average molecular weight is 496 g/mol. The number of para-hydroxylation sites is 1. The monoisotopic (exact) mass is 496 g/mol. The molecule has 1 atom stereocenters. The molecule has 0 bridgehead atoms. The van der Waals surface area contributed by atoms with E-state index >= 15 is 0 Å². The van der Waals surface area contributed by atoms with Crippen LogP contribution in [0.15, 0.2) is 47.7 Å². The number of anilines is 1. The van der Waals surface area contributed by atoms with Gasteiger partial charge in [0.25, 0.3) is 0 Å². The number of ether oxygens (including phenoxy) is 1. The Morgan fingerprint density at radius 3 is 2.46 bits per heavy atom. The minimum absolute atomic E-state index is 0. The summed E-state index contributed by atoms with van der Waals surface area (Å²) >= 11 is 0. The first kappa shape index (κ1) is 22.2. The number of halogens is 1. The quantitative estimate of drug-likeness (QED) is 0.390. The summed E-state index contributed by atoms with van der Waals surface area (Å²) in [6, 6.07) is 9.92. The molecule has 1 aliphatic heterocycles. The van der Waals surface area contributed by atoms with Crippen LogP contribution in [0.3, 0.4) is 0 Å². The second-order valence-electron chi connectivity index (χ2n) is 6.64. The minimum Gasteiger partial charge on any atom is -0.489 e. The first-order valence-corrected chi connectivity index (χ1v) is 9.37. The smallest absolute Gasteiger partial charge is 0.225 e. The Bertz CT molecular complexity index is 749. The molecule has 152 valence electrons. The van der Waals surface area contributed by atoms with E-state index in [1.807, 2.05) is 31.3 Å². The number of benzene rings is 1. The van der Waals surface area contributed by atoms with E-state index in [1.54, 1.807) is 12.4 Å². The third-order valence-corrected chi connectivity index (χ3v) is 4.60. The molecule has 2 aromatic rings. The average Bonchev–Trinajstić information content (AvgIpc) is 2.71. The van der Waals surface area contributed by atoms with Crippen molar-refractivity contribution in [1.82, 2.24) is 20.2 Å². The van der Waals surface area contributed by atoms with Crippen LogP contribution in [0.1, 0.15) is 12.5 Å². The standard InChI is InChI=1S/C20H28N6O.HI/c1-16-7-4-5-8-18(16)27-17(2)15-24-19(21-3)25-11-13-26(14-12-25)20-22-9-6-10-23-20;/h4-10,17H,11-15H2,1-3H3,(H,21,24);1H. The molecule has 0 amide bonds. The topological polar surface area (TPSA) is 65.9 Å². The van der Waals surface area contributed by atoms with E-state index in [0.29, 0.717) is 6.54 Å². The predicted molar refractivity (Wildman–Crippen MR) is 124 cm³/mol. The van der Waals surface area contributed by atoms with Gasteiger partial charge in [0.2, 0.25) is 5.95 Å². The number of nitrogens with zero attached hydrogens (tertiary/aromatic N) is 5. The van der Waals surface area contributed by atoms with Crippen LogP contribution in [0.4, 0.5) is 5.95 Å². The first-order chi connectivity index (χ1) is 13.2. The highest BCUT2D eigenvalue weighted by Crippen LogP contribution is 2.17. The zero-order valence-corrected chi connectivity index (χ0v) is 19.0. The van der Waals surface area contributed by atoms with Gasteiger partial charge in [0.05, 0.1) is 6.54 Å². The van der Waals surface area contributed by atoms with Crippen molar-refractivity contribution in [3.63, 3.8) is 0 Å². The highest BCUT2D eigenvalue weighted by atomic mass is 127. The molecule has 1 saturated heterocycles. The molecule has 1 N–H and O–H groups in total. The molecular weight excluding hydrogens is 467 g/mol. The number of aromatic nitrogens is 2. The van der Waals surface area contributed by atoms with Crippen LogP contribution in [-0.2, 0) is 0 Å². The second-order valence-corrected chi connectivity index (χ2v) is 6.64. The van der Waals surface area contributed by atoms with E-state index in [-0.39, 0.29) is 30.1 Å². The maximum Gasteiger partial charge on any atom is 0.225 e. The summed E-state index contributed by atoms with van der Waals surface area (Å²) in [5.74, 6) is 2.63. The fourth-order valence-electron chi connectivity index (χ4n) is 3.09. The molecule has 7 nitrogen and oxygen atoms in total. The van der Waals surface area contributed by atoms with Crippen molar-refractivity contribution >= 4 is 35.9 Å². The Labute approximate surface area is 184 Å². The third kappa shape index (κ3) is 5.95. The van der Waals surface area contributed by atoms with Gasteiger partial charge in [-0.3, -0.25) is 4.99 Å². The molecule has 1 aromatic heterocycles. The van der Waals surface area contributed by atoms with Crippen molar-refractivity contribution in [3.8, 4) is 5.75 Å². The fraction of sp³-hybridized carbons (Fsp3) is 0.450. The zero-order valence-electron chi connectivity index (χ0n) is 16.7. The van der Waals surface area contributed by atoms with E-state index < -0.39 is 0 Å². The summed E-state index contributed by atoms with van der Waals surface area (Å²) in [5.41, 5.74) is 1.15. The Morgan fingerprint density at radius 1 is 1.14 bits per heavy atom. The van der Waals surface area contributed by atoms with Gasteiger partial charge >= 0.3 is 0 Å². The van der Waals surface area contributed by atoms with Crippen molar-refractivity contribution in [2.45, 2.75) is 20.0 Å². The number of hydrogen-bond donors (Lipinski definition) is 1. The summed E-state index contributed by atoms with van der Waals surface area (Å²) in [7, 11) is 1.82. The van der Waals surface area contributed by atoms with Crippen LogP contribution in [0.25, 0.3) is 0 Å². The van der Waals surface area contributed by atoms with Gasteiger partial charge in [0, 0.05) is 45.6 Å². The number of nitrogens with one attached hydrogen (secondary N) is 1. The number of guanidine groups is 1. The molecule has 0 saturated carbocycles. The van der Waals surface area contributed by atoms with Gasteiger partial charge in [-0.05, 0) is 31.5 Å². The van der Waals surface area contributed by atoms with Gasteiger partial charge in [0.15, 0.2) is 5.96 Å². The number of hydrogen-bond acceptors (Lipinski definition) is 5. The molecule has 0 spiro atoms. The summed E-state index contributed by atoms with van der Waals surface area (Å²) in [4.78, 5) is 17.6. The molecule has 3 rings (SSSR count). The van der Waals surface area contributed by atoms with Gasteiger partial charge in [-0.25, -0.2) is 9.97 Å². The van der Waals surface area contributed by atoms with Crippen molar-refractivity contribution in [2.24, 2.45) is 4.99 Å². The van der Waals surface area contributed by atoms with Crippen LogP contribution >= 0.6 is 24.0 Å². The van der Waals surface area contributed by atoms with Gasteiger partial charge in [-0.2, -0.15) is 0 Å². The summed E-state index contributed by atoms with van der Waals surface area (Å²) in [6.45, 7) is 8.33. The van der Waals surface area contributed by atoms with Crippen molar-refractivity contribution in [2.75, 3.05) is 44.7 Å². The Kier molecular flexibility index (Phi) is 8.75. The summed E-state index contributed by atoms with van der Waals surface area (Å²) < 4.78 is 6.04. The second kappa shape index (κ2) is 11.0. The van der Waals surface area contributed by atoms with Gasteiger partial charge in [0.1, 0.15) is 11.9 Å².